The predicted molar refractivity (Wildman–Crippen MR) is 96.4 cm³/mol. The summed E-state index contributed by atoms with van der Waals surface area (Å²) in [6.07, 6.45) is 0. The van der Waals surface area contributed by atoms with E-state index in [1.165, 1.54) is 36.4 Å². The lowest BCUT2D eigenvalue weighted by Crippen LogP contribution is -2.44. The summed E-state index contributed by atoms with van der Waals surface area (Å²) in [5.41, 5.74) is 0.929. The van der Waals surface area contributed by atoms with E-state index in [2.05, 4.69) is 10.2 Å². The minimum atomic E-state index is -0.362. The van der Waals surface area contributed by atoms with Gasteiger partial charge in [0.25, 0.3) is 5.91 Å². The van der Waals surface area contributed by atoms with Crippen LogP contribution in [-0.2, 0) is 9.53 Å². The van der Waals surface area contributed by atoms with Crippen LogP contribution >= 0.6 is 0 Å². The molecule has 1 aliphatic rings. The summed E-state index contributed by atoms with van der Waals surface area (Å²) in [5, 5.41) is 2.86. The number of halogens is 2. The van der Waals surface area contributed by atoms with Crippen LogP contribution < -0.4 is 10.1 Å². The first-order valence-corrected chi connectivity index (χ1v) is 8.84. The summed E-state index contributed by atoms with van der Waals surface area (Å²) in [7, 11) is 0. The zero-order chi connectivity index (χ0) is 19.1. The number of hydrogen-bond acceptors (Lipinski definition) is 4. The van der Waals surface area contributed by atoms with Gasteiger partial charge in [-0.1, -0.05) is 12.1 Å². The number of morpholine rings is 1. The highest BCUT2D eigenvalue weighted by atomic mass is 19.1. The molecule has 1 heterocycles. The molecule has 0 saturated carbocycles. The third kappa shape index (κ3) is 5.74. The Hall–Kier alpha value is -2.51. The van der Waals surface area contributed by atoms with E-state index in [0.29, 0.717) is 25.5 Å². The summed E-state index contributed by atoms with van der Waals surface area (Å²) >= 11 is 0. The molecule has 0 spiro atoms. The predicted octanol–water partition coefficient (Wildman–Crippen LogP) is 2.53. The van der Waals surface area contributed by atoms with Crippen molar-refractivity contribution in [3.05, 3.63) is 65.7 Å². The van der Waals surface area contributed by atoms with E-state index in [4.69, 9.17) is 9.47 Å². The molecule has 1 aliphatic heterocycles. The van der Waals surface area contributed by atoms with Crippen LogP contribution in [0.5, 0.6) is 5.75 Å². The molecule has 1 atom stereocenters. The van der Waals surface area contributed by atoms with Crippen LogP contribution in [0.25, 0.3) is 0 Å². The van der Waals surface area contributed by atoms with Crippen molar-refractivity contribution in [2.24, 2.45) is 0 Å². The molecule has 144 valence electrons. The summed E-state index contributed by atoms with van der Waals surface area (Å²) < 4.78 is 36.9. The van der Waals surface area contributed by atoms with Gasteiger partial charge in [0.05, 0.1) is 19.3 Å². The number of benzene rings is 2. The smallest absolute Gasteiger partial charge is 0.258 e. The fourth-order valence-electron chi connectivity index (χ4n) is 2.97. The average Bonchev–Trinajstić information content (AvgIpc) is 2.70. The van der Waals surface area contributed by atoms with E-state index in [1.54, 1.807) is 12.1 Å². The Balaban J connectivity index is 1.57. The third-order valence-corrected chi connectivity index (χ3v) is 4.42. The maximum absolute atomic E-state index is 13.2. The summed E-state index contributed by atoms with van der Waals surface area (Å²) in [5.74, 6) is -0.509. The maximum atomic E-state index is 13.2. The summed E-state index contributed by atoms with van der Waals surface area (Å²) in [6, 6.07) is 11.7. The van der Waals surface area contributed by atoms with Gasteiger partial charge in [-0.2, -0.15) is 0 Å². The Morgan fingerprint density at radius 1 is 1.04 bits per heavy atom. The first-order chi connectivity index (χ1) is 13.1. The number of nitrogens with zero attached hydrogens (tertiary/aromatic N) is 1. The molecule has 3 rings (SSSR count). The van der Waals surface area contributed by atoms with E-state index >= 15 is 0 Å². The number of nitrogens with one attached hydrogen (secondary N) is 1. The molecule has 5 nitrogen and oxygen atoms in total. The fraction of sp³-hybridized carbons (Fsp3) is 0.350. The van der Waals surface area contributed by atoms with Crippen LogP contribution in [-0.4, -0.2) is 50.3 Å². The molecular formula is C20H22F2N2O3. The van der Waals surface area contributed by atoms with Gasteiger partial charge in [-0.05, 0) is 42.0 Å². The Bertz CT molecular complexity index is 732. The van der Waals surface area contributed by atoms with Gasteiger partial charge in [-0.3, -0.25) is 9.69 Å². The lowest BCUT2D eigenvalue weighted by molar-refractivity contribution is -0.123. The lowest BCUT2D eigenvalue weighted by Gasteiger charge is -2.35. The molecule has 1 saturated heterocycles. The molecule has 0 aliphatic carbocycles. The van der Waals surface area contributed by atoms with Gasteiger partial charge < -0.3 is 14.8 Å². The molecular weight excluding hydrogens is 354 g/mol. The van der Waals surface area contributed by atoms with Crippen molar-refractivity contribution >= 4 is 5.91 Å². The van der Waals surface area contributed by atoms with Crippen LogP contribution in [0.1, 0.15) is 11.6 Å². The van der Waals surface area contributed by atoms with E-state index in [9.17, 15) is 13.6 Å². The first kappa shape index (κ1) is 19.3. The second-order valence-corrected chi connectivity index (χ2v) is 6.26. The Morgan fingerprint density at radius 2 is 1.63 bits per heavy atom. The summed E-state index contributed by atoms with van der Waals surface area (Å²) in [6.45, 7) is 2.94. The number of amides is 1. The molecule has 2 aromatic carbocycles. The van der Waals surface area contributed by atoms with Gasteiger partial charge in [0.1, 0.15) is 17.4 Å². The van der Waals surface area contributed by atoms with Crippen LogP contribution in [0.2, 0.25) is 0 Å². The van der Waals surface area contributed by atoms with Crippen molar-refractivity contribution in [2.45, 2.75) is 6.04 Å². The Morgan fingerprint density at radius 3 is 2.26 bits per heavy atom. The minimum Gasteiger partial charge on any atom is -0.484 e. The number of carbonyl (C=O) groups excluding carboxylic acids is 1. The molecule has 7 heteroatoms. The van der Waals surface area contributed by atoms with Crippen LogP contribution in [0, 0.1) is 11.6 Å². The molecule has 0 unspecified atom stereocenters. The van der Waals surface area contributed by atoms with Crippen molar-refractivity contribution in [1.29, 1.82) is 0 Å². The van der Waals surface area contributed by atoms with E-state index in [-0.39, 0.29) is 30.2 Å². The quantitative estimate of drug-likeness (QED) is 0.807. The highest BCUT2D eigenvalue weighted by molar-refractivity contribution is 5.77. The van der Waals surface area contributed by atoms with Gasteiger partial charge in [-0.25, -0.2) is 8.78 Å². The minimum absolute atomic E-state index is 0.0794. The van der Waals surface area contributed by atoms with E-state index < -0.39 is 0 Å². The Labute approximate surface area is 156 Å². The van der Waals surface area contributed by atoms with E-state index in [1.807, 2.05) is 0 Å². The average molecular weight is 376 g/mol. The zero-order valence-corrected chi connectivity index (χ0v) is 14.9. The second kappa shape index (κ2) is 9.43. The van der Waals surface area contributed by atoms with Crippen LogP contribution in [0.3, 0.4) is 0 Å². The van der Waals surface area contributed by atoms with Crippen molar-refractivity contribution in [3.63, 3.8) is 0 Å². The normalized spacial score (nSPS) is 15.9. The van der Waals surface area contributed by atoms with Crippen molar-refractivity contribution < 1.29 is 23.0 Å². The molecule has 27 heavy (non-hydrogen) atoms. The number of carbonyl (C=O) groups is 1. The lowest BCUT2D eigenvalue weighted by atomic mass is 10.0. The maximum Gasteiger partial charge on any atom is 0.258 e. The number of rotatable bonds is 7. The monoisotopic (exact) mass is 376 g/mol. The molecule has 1 amide bonds. The molecule has 1 N–H and O–H groups in total. The summed E-state index contributed by atoms with van der Waals surface area (Å²) in [4.78, 5) is 14.3. The standard InChI is InChI=1S/C20H22F2N2O3/c21-16-3-1-15(2-4-16)19(24-9-11-26-12-10-24)13-23-20(25)14-27-18-7-5-17(22)6-8-18/h1-8,19H,9-14H2,(H,23,25)/t19-/m0/s1. The largest absolute Gasteiger partial charge is 0.484 e. The van der Waals surface area contributed by atoms with Gasteiger partial charge >= 0.3 is 0 Å². The fourth-order valence-corrected chi connectivity index (χ4v) is 2.97. The Kier molecular flexibility index (Phi) is 6.73. The van der Waals surface area contributed by atoms with Crippen molar-refractivity contribution in [2.75, 3.05) is 39.5 Å². The second-order valence-electron chi connectivity index (χ2n) is 6.26. The molecule has 0 radical (unpaired) electrons. The van der Waals surface area contributed by atoms with Gasteiger partial charge in [0.2, 0.25) is 0 Å². The van der Waals surface area contributed by atoms with E-state index in [0.717, 1.165) is 18.7 Å². The third-order valence-electron chi connectivity index (χ3n) is 4.42. The SMILES string of the molecule is O=C(COc1ccc(F)cc1)NC[C@@H](c1ccc(F)cc1)N1CCOCC1. The van der Waals surface area contributed by atoms with Gasteiger partial charge in [-0.15, -0.1) is 0 Å². The van der Waals surface area contributed by atoms with Crippen molar-refractivity contribution in [3.8, 4) is 5.75 Å². The first-order valence-electron chi connectivity index (χ1n) is 8.84. The van der Waals surface area contributed by atoms with Gasteiger partial charge in [0.15, 0.2) is 6.61 Å². The molecule has 2 aromatic rings. The molecule has 0 bridgehead atoms. The van der Waals surface area contributed by atoms with Crippen molar-refractivity contribution in [1.82, 2.24) is 10.2 Å². The van der Waals surface area contributed by atoms with Crippen LogP contribution in [0.15, 0.2) is 48.5 Å². The number of ether oxygens (including phenoxy) is 2. The highest BCUT2D eigenvalue weighted by Crippen LogP contribution is 2.21. The number of hydrogen-bond donors (Lipinski definition) is 1. The highest BCUT2D eigenvalue weighted by Gasteiger charge is 2.23. The zero-order valence-electron chi connectivity index (χ0n) is 14.9. The van der Waals surface area contributed by atoms with Crippen LogP contribution in [0.4, 0.5) is 8.78 Å². The topological polar surface area (TPSA) is 50.8 Å². The van der Waals surface area contributed by atoms with Gasteiger partial charge in [0, 0.05) is 19.6 Å². The molecule has 0 aromatic heterocycles. The molecule has 1 fully saturated rings.